The first kappa shape index (κ1) is 16.5. The van der Waals surface area contributed by atoms with Crippen LogP contribution in [0, 0.1) is 5.92 Å². The molecule has 1 aliphatic carbocycles. The summed E-state index contributed by atoms with van der Waals surface area (Å²) >= 11 is 0. The van der Waals surface area contributed by atoms with Crippen LogP contribution in [0.15, 0.2) is 30.3 Å². The molecular formula is C20H32O. The predicted molar refractivity (Wildman–Crippen MR) is 90.5 cm³/mol. The first-order chi connectivity index (χ1) is 10.2. The van der Waals surface area contributed by atoms with Crippen molar-refractivity contribution < 1.29 is 5.11 Å². The minimum absolute atomic E-state index is 0.389. The van der Waals surface area contributed by atoms with Crippen molar-refractivity contribution in [2.24, 2.45) is 5.92 Å². The Kier molecular flexibility index (Phi) is 6.29. The first-order valence-electron chi connectivity index (χ1n) is 8.94. The molecule has 0 saturated heterocycles. The maximum atomic E-state index is 10.9. The lowest BCUT2D eigenvalue weighted by molar-refractivity contribution is -0.0235. The zero-order valence-corrected chi connectivity index (χ0v) is 13.9. The standard InChI is InChI=1S/C20H32O/c1-3-5-9-17(4-2)16-20(21)14-12-19(13-15-20)18-10-7-6-8-11-18/h6-8,10-11,17,19,21H,3-5,9,12-16H2,1-2H3. The average Bonchev–Trinajstić information content (AvgIpc) is 2.53. The molecule has 1 fully saturated rings. The SMILES string of the molecule is CCCCC(CC)CC1(O)CCC(c2ccccc2)CC1. The van der Waals surface area contributed by atoms with Gasteiger partial charge in [-0.15, -0.1) is 0 Å². The summed E-state index contributed by atoms with van der Waals surface area (Å²) in [4.78, 5) is 0. The van der Waals surface area contributed by atoms with Crippen molar-refractivity contribution >= 4 is 0 Å². The monoisotopic (exact) mass is 288 g/mol. The Labute approximate surface area is 130 Å². The molecule has 1 aromatic carbocycles. The topological polar surface area (TPSA) is 20.2 Å². The van der Waals surface area contributed by atoms with Gasteiger partial charge in [0.15, 0.2) is 0 Å². The van der Waals surface area contributed by atoms with Crippen molar-refractivity contribution in [2.45, 2.75) is 83.2 Å². The van der Waals surface area contributed by atoms with Gasteiger partial charge < -0.3 is 5.11 Å². The van der Waals surface area contributed by atoms with Gasteiger partial charge in [0.2, 0.25) is 0 Å². The lowest BCUT2D eigenvalue weighted by Gasteiger charge is -2.38. The third-order valence-electron chi connectivity index (χ3n) is 5.40. The maximum Gasteiger partial charge on any atom is 0.0650 e. The highest BCUT2D eigenvalue weighted by molar-refractivity contribution is 5.20. The number of hydrogen-bond acceptors (Lipinski definition) is 1. The molecule has 0 aromatic heterocycles. The van der Waals surface area contributed by atoms with Crippen molar-refractivity contribution in [3.63, 3.8) is 0 Å². The number of hydrogen-bond donors (Lipinski definition) is 1. The van der Waals surface area contributed by atoms with Gasteiger partial charge in [-0.1, -0.05) is 69.9 Å². The Hall–Kier alpha value is -0.820. The van der Waals surface area contributed by atoms with Crippen molar-refractivity contribution in [1.29, 1.82) is 0 Å². The molecule has 1 saturated carbocycles. The molecule has 2 rings (SSSR count). The van der Waals surface area contributed by atoms with E-state index >= 15 is 0 Å². The van der Waals surface area contributed by atoms with E-state index in [2.05, 4.69) is 44.2 Å². The largest absolute Gasteiger partial charge is 0.390 e. The second-order valence-electron chi connectivity index (χ2n) is 7.03. The van der Waals surface area contributed by atoms with E-state index < -0.39 is 0 Å². The van der Waals surface area contributed by atoms with Crippen molar-refractivity contribution in [3.8, 4) is 0 Å². The molecule has 0 aliphatic heterocycles. The summed E-state index contributed by atoms with van der Waals surface area (Å²) in [5.74, 6) is 1.37. The molecule has 118 valence electrons. The minimum atomic E-state index is -0.389. The molecule has 0 spiro atoms. The highest BCUT2D eigenvalue weighted by atomic mass is 16.3. The molecule has 1 atom stereocenters. The van der Waals surface area contributed by atoms with Crippen molar-refractivity contribution in [1.82, 2.24) is 0 Å². The number of unbranched alkanes of at least 4 members (excludes halogenated alkanes) is 1. The van der Waals surface area contributed by atoms with Crippen molar-refractivity contribution in [3.05, 3.63) is 35.9 Å². The summed E-state index contributed by atoms with van der Waals surface area (Å²) in [6, 6.07) is 10.8. The van der Waals surface area contributed by atoms with Gasteiger partial charge in [0.25, 0.3) is 0 Å². The summed E-state index contributed by atoms with van der Waals surface area (Å²) in [5, 5.41) is 10.9. The van der Waals surface area contributed by atoms with Gasteiger partial charge in [-0.05, 0) is 49.5 Å². The zero-order valence-electron chi connectivity index (χ0n) is 13.9. The van der Waals surface area contributed by atoms with Gasteiger partial charge >= 0.3 is 0 Å². The lowest BCUT2D eigenvalue weighted by atomic mass is 9.72. The highest BCUT2D eigenvalue weighted by Gasteiger charge is 2.35. The van der Waals surface area contributed by atoms with Crippen molar-refractivity contribution in [2.75, 3.05) is 0 Å². The van der Waals surface area contributed by atoms with E-state index in [1.807, 2.05) is 0 Å². The Bertz CT molecular complexity index is 390. The van der Waals surface area contributed by atoms with E-state index in [0.29, 0.717) is 11.8 Å². The summed E-state index contributed by atoms with van der Waals surface area (Å²) in [6.45, 7) is 4.53. The van der Waals surface area contributed by atoms with Crippen LogP contribution in [0.4, 0.5) is 0 Å². The highest BCUT2D eigenvalue weighted by Crippen LogP contribution is 2.41. The molecule has 1 aliphatic rings. The van der Waals surface area contributed by atoms with E-state index in [4.69, 9.17) is 0 Å². The smallest absolute Gasteiger partial charge is 0.0650 e. The quantitative estimate of drug-likeness (QED) is 0.684. The van der Waals surface area contributed by atoms with Gasteiger partial charge in [-0.3, -0.25) is 0 Å². The van der Waals surface area contributed by atoms with Crippen LogP contribution < -0.4 is 0 Å². The predicted octanol–water partition coefficient (Wildman–Crippen LogP) is 5.68. The third kappa shape index (κ3) is 4.85. The fourth-order valence-corrected chi connectivity index (χ4v) is 3.90. The fourth-order valence-electron chi connectivity index (χ4n) is 3.90. The lowest BCUT2D eigenvalue weighted by Crippen LogP contribution is -2.35. The van der Waals surface area contributed by atoms with Gasteiger partial charge in [0.1, 0.15) is 0 Å². The van der Waals surface area contributed by atoms with E-state index in [-0.39, 0.29) is 5.60 Å². The molecule has 1 aromatic rings. The molecule has 1 heteroatoms. The maximum absolute atomic E-state index is 10.9. The Balaban J connectivity index is 1.86. The first-order valence-corrected chi connectivity index (χ1v) is 8.94. The van der Waals surface area contributed by atoms with Crippen LogP contribution in [0.5, 0.6) is 0 Å². The molecule has 0 radical (unpaired) electrons. The molecule has 21 heavy (non-hydrogen) atoms. The molecule has 1 N–H and O–H groups in total. The van der Waals surface area contributed by atoms with E-state index in [1.54, 1.807) is 0 Å². The second-order valence-corrected chi connectivity index (χ2v) is 7.03. The van der Waals surface area contributed by atoms with E-state index in [0.717, 1.165) is 32.1 Å². The second kappa shape index (κ2) is 7.98. The zero-order chi connectivity index (χ0) is 15.1. The van der Waals surface area contributed by atoms with Crippen LogP contribution in [0.25, 0.3) is 0 Å². The third-order valence-corrected chi connectivity index (χ3v) is 5.40. The molecule has 0 bridgehead atoms. The van der Waals surface area contributed by atoms with E-state index in [1.165, 1.54) is 31.2 Å². The molecule has 0 amide bonds. The van der Waals surface area contributed by atoms with Gasteiger partial charge in [0.05, 0.1) is 5.60 Å². The molecular weight excluding hydrogens is 256 g/mol. The molecule has 0 heterocycles. The normalized spacial score (nSPS) is 27.5. The Morgan fingerprint density at radius 2 is 1.81 bits per heavy atom. The van der Waals surface area contributed by atoms with Crippen LogP contribution in [0.2, 0.25) is 0 Å². The molecule has 1 nitrogen and oxygen atoms in total. The number of rotatable bonds is 7. The number of benzene rings is 1. The van der Waals surface area contributed by atoms with Crippen LogP contribution in [-0.4, -0.2) is 10.7 Å². The Morgan fingerprint density at radius 1 is 1.14 bits per heavy atom. The summed E-state index contributed by atoms with van der Waals surface area (Å²) < 4.78 is 0. The van der Waals surface area contributed by atoms with Gasteiger partial charge in [-0.25, -0.2) is 0 Å². The summed E-state index contributed by atoms with van der Waals surface area (Å²) in [6.07, 6.45) is 10.3. The Morgan fingerprint density at radius 3 is 2.38 bits per heavy atom. The minimum Gasteiger partial charge on any atom is -0.390 e. The van der Waals surface area contributed by atoms with Crippen LogP contribution in [-0.2, 0) is 0 Å². The van der Waals surface area contributed by atoms with Crippen LogP contribution in [0.1, 0.15) is 83.1 Å². The fraction of sp³-hybridized carbons (Fsp3) is 0.700. The summed E-state index contributed by atoms with van der Waals surface area (Å²) in [5.41, 5.74) is 1.07. The average molecular weight is 288 g/mol. The summed E-state index contributed by atoms with van der Waals surface area (Å²) in [7, 11) is 0. The molecule has 1 unspecified atom stereocenters. The van der Waals surface area contributed by atoms with Gasteiger partial charge in [0, 0.05) is 0 Å². The van der Waals surface area contributed by atoms with Crippen LogP contribution in [0.3, 0.4) is 0 Å². The van der Waals surface area contributed by atoms with Gasteiger partial charge in [-0.2, -0.15) is 0 Å². The number of aliphatic hydroxyl groups is 1. The van der Waals surface area contributed by atoms with E-state index in [9.17, 15) is 5.11 Å². The van der Waals surface area contributed by atoms with Crippen LogP contribution >= 0.6 is 0 Å².